The van der Waals surface area contributed by atoms with Crippen LogP contribution in [0.4, 0.5) is 0 Å². The zero-order chi connectivity index (χ0) is 6.55. The van der Waals surface area contributed by atoms with Gasteiger partial charge in [-0.15, -0.1) is 0 Å². The van der Waals surface area contributed by atoms with Gasteiger partial charge in [-0.05, 0) is 56.0 Å². The van der Waals surface area contributed by atoms with Crippen LogP contribution in [-0.2, 0) is 0 Å². The number of rotatable bonds is 0. The molecule has 0 spiro atoms. The Morgan fingerprint density at radius 1 is 0.900 bits per heavy atom. The van der Waals surface area contributed by atoms with Crippen LogP contribution >= 0.6 is 0 Å². The first kappa shape index (κ1) is 5.59. The first-order valence-corrected chi connectivity index (χ1v) is 4.66. The van der Waals surface area contributed by atoms with E-state index in [9.17, 15) is 0 Å². The third-order valence-electron chi connectivity index (χ3n) is 4.02. The van der Waals surface area contributed by atoms with Crippen molar-refractivity contribution in [2.75, 3.05) is 13.1 Å². The van der Waals surface area contributed by atoms with Crippen molar-refractivity contribution in [2.45, 2.75) is 19.3 Å². The molecule has 1 heterocycles. The first-order valence-electron chi connectivity index (χ1n) is 4.66. The van der Waals surface area contributed by atoms with Gasteiger partial charge in [-0.2, -0.15) is 0 Å². The molecule has 2 aliphatic carbocycles. The van der Waals surface area contributed by atoms with Crippen LogP contribution in [0.15, 0.2) is 0 Å². The van der Waals surface area contributed by atoms with Gasteiger partial charge in [-0.25, -0.2) is 0 Å². The Hall–Kier alpha value is -0.0400. The topological polar surface area (TPSA) is 12.0 Å². The minimum Gasteiger partial charge on any atom is -0.316 e. The summed E-state index contributed by atoms with van der Waals surface area (Å²) in [5.41, 5.74) is 0. The van der Waals surface area contributed by atoms with Gasteiger partial charge < -0.3 is 5.32 Å². The Morgan fingerprint density at radius 3 is 2.70 bits per heavy atom. The second-order valence-corrected chi connectivity index (χ2v) is 4.32. The van der Waals surface area contributed by atoms with E-state index in [0.717, 1.165) is 23.7 Å². The Bertz CT molecular complexity index is 153. The standard InChI is InChI=1S/C9H15N/c1-2-8-6(1)3-7-4-10-5-9(7)8/h6-10H,1-5H2. The molecule has 4 unspecified atom stereocenters. The summed E-state index contributed by atoms with van der Waals surface area (Å²) in [6, 6.07) is 0. The summed E-state index contributed by atoms with van der Waals surface area (Å²) in [5.74, 6) is 4.49. The van der Waals surface area contributed by atoms with Crippen LogP contribution in [0.3, 0.4) is 0 Å². The van der Waals surface area contributed by atoms with Crippen molar-refractivity contribution in [3.63, 3.8) is 0 Å². The van der Waals surface area contributed by atoms with Gasteiger partial charge in [0.2, 0.25) is 0 Å². The van der Waals surface area contributed by atoms with Crippen LogP contribution in [0.5, 0.6) is 0 Å². The molecule has 3 fully saturated rings. The molecule has 1 saturated heterocycles. The van der Waals surface area contributed by atoms with Crippen molar-refractivity contribution in [3.8, 4) is 0 Å². The summed E-state index contributed by atoms with van der Waals surface area (Å²) < 4.78 is 0. The predicted octanol–water partition coefficient (Wildman–Crippen LogP) is 1.25. The predicted molar refractivity (Wildman–Crippen MR) is 40.7 cm³/mol. The summed E-state index contributed by atoms with van der Waals surface area (Å²) >= 11 is 0. The molecule has 0 aromatic heterocycles. The molecule has 3 rings (SSSR count). The molecule has 1 N–H and O–H groups in total. The quantitative estimate of drug-likeness (QED) is 0.530. The second-order valence-electron chi connectivity index (χ2n) is 4.32. The normalized spacial score (nSPS) is 57.6. The number of nitrogens with one attached hydrogen (secondary N) is 1. The molecule has 0 bridgehead atoms. The van der Waals surface area contributed by atoms with Crippen LogP contribution < -0.4 is 5.32 Å². The number of hydrogen-bond donors (Lipinski definition) is 1. The lowest BCUT2D eigenvalue weighted by molar-refractivity contribution is 0.174. The van der Waals surface area contributed by atoms with Crippen molar-refractivity contribution in [1.29, 1.82) is 0 Å². The molecule has 2 saturated carbocycles. The molecule has 0 aromatic rings. The van der Waals surface area contributed by atoms with Crippen molar-refractivity contribution >= 4 is 0 Å². The van der Waals surface area contributed by atoms with Crippen LogP contribution in [0.25, 0.3) is 0 Å². The first-order chi connectivity index (χ1) is 4.95. The van der Waals surface area contributed by atoms with Crippen molar-refractivity contribution < 1.29 is 0 Å². The largest absolute Gasteiger partial charge is 0.316 e. The molecule has 1 nitrogen and oxygen atoms in total. The fourth-order valence-corrected chi connectivity index (χ4v) is 3.35. The van der Waals surface area contributed by atoms with E-state index in [0.29, 0.717) is 0 Å². The lowest BCUT2D eigenvalue weighted by Gasteiger charge is -2.33. The van der Waals surface area contributed by atoms with E-state index in [1.165, 1.54) is 13.1 Å². The smallest absolute Gasteiger partial charge is 0.00145 e. The molecule has 56 valence electrons. The van der Waals surface area contributed by atoms with Gasteiger partial charge in [0.15, 0.2) is 0 Å². The SMILES string of the molecule is C1CC2C1CC1CNCC12. The minimum atomic E-state index is 1.08. The molecule has 0 radical (unpaired) electrons. The third kappa shape index (κ3) is 0.531. The van der Waals surface area contributed by atoms with E-state index < -0.39 is 0 Å². The third-order valence-corrected chi connectivity index (χ3v) is 4.02. The van der Waals surface area contributed by atoms with Gasteiger partial charge in [0.05, 0.1) is 0 Å². The fourth-order valence-electron chi connectivity index (χ4n) is 3.35. The molecule has 0 amide bonds. The van der Waals surface area contributed by atoms with Crippen LogP contribution in [0.1, 0.15) is 19.3 Å². The van der Waals surface area contributed by atoms with Crippen molar-refractivity contribution in [1.82, 2.24) is 5.32 Å². The Labute approximate surface area is 62.2 Å². The number of hydrogen-bond acceptors (Lipinski definition) is 1. The highest BCUT2D eigenvalue weighted by Crippen LogP contribution is 2.54. The summed E-state index contributed by atoms with van der Waals surface area (Å²) in [5, 5.41) is 3.51. The summed E-state index contributed by atoms with van der Waals surface area (Å²) in [7, 11) is 0. The molecule has 3 aliphatic rings. The molecular formula is C9H15N. The zero-order valence-electron chi connectivity index (χ0n) is 6.34. The molecule has 1 heteroatoms. The fraction of sp³-hybridized carbons (Fsp3) is 1.00. The van der Waals surface area contributed by atoms with E-state index in [2.05, 4.69) is 5.32 Å². The minimum absolute atomic E-state index is 1.08. The van der Waals surface area contributed by atoms with E-state index in [1.807, 2.05) is 0 Å². The van der Waals surface area contributed by atoms with E-state index >= 15 is 0 Å². The molecule has 1 aliphatic heterocycles. The van der Waals surface area contributed by atoms with Gasteiger partial charge in [0, 0.05) is 0 Å². The van der Waals surface area contributed by atoms with Crippen LogP contribution in [-0.4, -0.2) is 13.1 Å². The van der Waals surface area contributed by atoms with Crippen molar-refractivity contribution in [2.24, 2.45) is 23.7 Å². The second kappa shape index (κ2) is 1.76. The van der Waals surface area contributed by atoms with Crippen molar-refractivity contribution in [3.05, 3.63) is 0 Å². The zero-order valence-corrected chi connectivity index (χ0v) is 6.34. The average molecular weight is 137 g/mol. The average Bonchev–Trinajstić information content (AvgIpc) is 2.35. The highest BCUT2D eigenvalue weighted by Gasteiger charge is 2.49. The summed E-state index contributed by atoms with van der Waals surface area (Å²) in [6.07, 6.45) is 4.66. The lowest BCUT2D eigenvalue weighted by atomic mass is 9.73. The molecule has 0 aromatic carbocycles. The highest BCUT2D eigenvalue weighted by molar-refractivity contribution is 5.00. The maximum Gasteiger partial charge on any atom is -0.00145 e. The van der Waals surface area contributed by atoms with Crippen LogP contribution in [0, 0.1) is 23.7 Å². The summed E-state index contributed by atoms with van der Waals surface area (Å²) in [6.45, 7) is 2.67. The highest BCUT2D eigenvalue weighted by atomic mass is 14.9. The Balaban J connectivity index is 1.85. The van der Waals surface area contributed by atoms with E-state index in [4.69, 9.17) is 0 Å². The van der Waals surface area contributed by atoms with Gasteiger partial charge in [-0.1, -0.05) is 0 Å². The van der Waals surface area contributed by atoms with E-state index in [-0.39, 0.29) is 0 Å². The maximum absolute atomic E-state index is 3.51. The Kier molecular flexibility index (Phi) is 0.984. The number of fused-ring (bicyclic) bond motifs is 3. The molecule has 10 heavy (non-hydrogen) atoms. The monoisotopic (exact) mass is 137 g/mol. The lowest BCUT2D eigenvalue weighted by Crippen LogP contribution is -2.28. The molecular weight excluding hydrogens is 122 g/mol. The van der Waals surface area contributed by atoms with E-state index in [1.54, 1.807) is 19.3 Å². The van der Waals surface area contributed by atoms with Gasteiger partial charge in [-0.3, -0.25) is 0 Å². The van der Waals surface area contributed by atoms with Crippen LogP contribution in [0.2, 0.25) is 0 Å². The summed E-state index contributed by atoms with van der Waals surface area (Å²) in [4.78, 5) is 0. The maximum atomic E-state index is 3.51. The molecule has 4 atom stereocenters. The van der Waals surface area contributed by atoms with Gasteiger partial charge in [0.25, 0.3) is 0 Å². The van der Waals surface area contributed by atoms with Gasteiger partial charge in [0.1, 0.15) is 0 Å². The van der Waals surface area contributed by atoms with Gasteiger partial charge >= 0.3 is 0 Å². The Morgan fingerprint density at radius 2 is 1.90 bits per heavy atom.